The first-order chi connectivity index (χ1) is 8.65. The molecule has 0 aliphatic carbocycles. The summed E-state index contributed by atoms with van der Waals surface area (Å²) in [6.45, 7) is 1.90. The molecule has 0 saturated heterocycles. The maximum absolute atomic E-state index is 12.1. The first kappa shape index (κ1) is 11.6. The van der Waals surface area contributed by atoms with Gasteiger partial charge in [-0.25, -0.2) is 4.98 Å². The maximum Gasteiger partial charge on any atom is 0.258 e. The average Bonchev–Trinajstić information content (AvgIpc) is 2.75. The highest BCUT2D eigenvalue weighted by molar-refractivity contribution is 9.11. The normalized spacial score (nSPS) is 11.0. The summed E-state index contributed by atoms with van der Waals surface area (Å²) < 4.78 is 2.65. The molecule has 0 saturated carbocycles. The van der Waals surface area contributed by atoms with Crippen LogP contribution in [0.15, 0.2) is 45.0 Å². The van der Waals surface area contributed by atoms with Crippen molar-refractivity contribution in [1.29, 1.82) is 0 Å². The van der Waals surface area contributed by atoms with Crippen LogP contribution in [0.3, 0.4) is 0 Å². The highest BCUT2D eigenvalue weighted by Crippen LogP contribution is 2.29. The fourth-order valence-corrected chi connectivity index (χ4v) is 3.24. The van der Waals surface area contributed by atoms with Crippen molar-refractivity contribution in [3.8, 4) is 10.6 Å². The fourth-order valence-electron chi connectivity index (χ4n) is 1.89. The van der Waals surface area contributed by atoms with Crippen LogP contribution in [-0.2, 0) is 0 Å². The molecule has 0 bridgehead atoms. The molecule has 0 unspecified atom stereocenters. The van der Waals surface area contributed by atoms with E-state index in [0.717, 1.165) is 20.1 Å². The zero-order chi connectivity index (χ0) is 12.7. The van der Waals surface area contributed by atoms with Gasteiger partial charge in [0.05, 0.1) is 14.4 Å². The molecular formula is C13H9BrN2OS. The van der Waals surface area contributed by atoms with E-state index in [-0.39, 0.29) is 5.56 Å². The van der Waals surface area contributed by atoms with E-state index < -0.39 is 0 Å². The topological polar surface area (TPSA) is 34.4 Å². The predicted molar refractivity (Wildman–Crippen MR) is 77.2 cm³/mol. The largest absolute Gasteiger partial charge is 0.269 e. The Bertz CT molecular complexity index is 791. The van der Waals surface area contributed by atoms with Gasteiger partial charge in [0.25, 0.3) is 5.56 Å². The number of nitrogens with zero attached hydrogens (tertiary/aromatic N) is 2. The van der Waals surface area contributed by atoms with E-state index in [9.17, 15) is 4.79 Å². The second kappa shape index (κ2) is 4.33. The van der Waals surface area contributed by atoms with E-state index in [1.54, 1.807) is 21.8 Å². The molecule has 90 valence electrons. The standard InChI is InChI=1S/C13H9BrN2OS/c1-8-3-2-4-12-15-9(7-13(17)16(8)12)10-5-6-11(14)18-10/h2-7H,1H3. The third-order valence-corrected chi connectivity index (χ3v) is 4.35. The summed E-state index contributed by atoms with van der Waals surface area (Å²) in [5, 5.41) is 0. The quantitative estimate of drug-likeness (QED) is 0.687. The minimum Gasteiger partial charge on any atom is -0.269 e. The van der Waals surface area contributed by atoms with Gasteiger partial charge in [-0.05, 0) is 47.1 Å². The van der Waals surface area contributed by atoms with Crippen LogP contribution < -0.4 is 5.56 Å². The van der Waals surface area contributed by atoms with Crippen LogP contribution in [0.5, 0.6) is 0 Å². The van der Waals surface area contributed by atoms with Gasteiger partial charge >= 0.3 is 0 Å². The Kier molecular flexibility index (Phi) is 2.80. The molecule has 0 radical (unpaired) electrons. The van der Waals surface area contributed by atoms with Gasteiger partial charge in [-0.15, -0.1) is 11.3 Å². The number of pyridine rings is 1. The van der Waals surface area contributed by atoms with E-state index in [0.29, 0.717) is 5.65 Å². The number of rotatable bonds is 1. The molecule has 18 heavy (non-hydrogen) atoms. The van der Waals surface area contributed by atoms with Crippen molar-refractivity contribution in [3.05, 3.63) is 56.2 Å². The molecule has 0 spiro atoms. The molecule has 3 heterocycles. The molecule has 0 aromatic carbocycles. The number of hydrogen-bond acceptors (Lipinski definition) is 3. The summed E-state index contributed by atoms with van der Waals surface area (Å²) in [5.41, 5.74) is 2.25. The molecule has 0 aliphatic rings. The Balaban J connectivity index is 2.31. The van der Waals surface area contributed by atoms with Crippen molar-refractivity contribution < 1.29 is 0 Å². The van der Waals surface area contributed by atoms with Gasteiger partial charge in [-0.1, -0.05) is 6.07 Å². The maximum atomic E-state index is 12.1. The van der Waals surface area contributed by atoms with Gasteiger partial charge < -0.3 is 0 Å². The van der Waals surface area contributed by atoms with Crippen LogP contribution in [-0.4, -0.2) is 9.38 Å². The van der Waals surface area contributed by atoms with Gasteiger partial charge in [0.1, 0.15) is 5.65 Å². The molecule has 3 rings (SSSR count). The Morgan fingerprint density at radius 1 is 1.28 bits per heavy atom. The lowest BCUT2D eigenvalue weighted by Crippen LogP contribution is -2.16. The fraction of sp³-hybridized carbons (Fsp3) is 0.0769. The molecule has 0 fully saturated rings. The van der Waals surface area contributed by atoms with Gasteiger partial charge in [-0.2, -0.15) is 0 Å². The summed E-state index contributed by atoms with van der Waals surface area (Å²) in [6, 6.07) is 11.2. The highest BCUT2D eigenvalue weighted by atomic mass is 79.9. The molecular weight excluding hydrogens is 312 g/mol. The van der Waals surface area contributed by atoms with Crippen molar-refractivity contribution in [2.45, 2.75) is 6.92 Å². The number of aryl methyl sites for hydroxylation is 1. The highest BCUT2D eigenvalue weighted by Gasteiger charge is 2.07. The Morgan fingerprint density at radius 2 is 2.11 bits per heavy atom. The van der Waals surface area contributed by atoms with Gasteiger partial charge in [0.15, 0.2) is 0 Å². The van der Waals surface area contributed by atoms with Crippen molar-refractivity contribution >= 4 is 32.9 Å². The lowest BCUT2D eigenvalue weighted by Gasteiger charge is -2.05. The number of hydrogen-bond donors (Lipinski definition) is 0. The van der Waals surface area contributed by atoms with Crippen molar-refractivity contribution in [1.82, 2.24) is 9.38 Å². The van der Waals surface area contributed by atoms with Crippen LogP contribution in [0, 0.1) is 6.92 Å². The van der Waals surface area contributed by atoms with E-state index in [4.69, 9.17) is 0 Å². The molecule has 0 amide bonds. The number of aromatic nitrogens is 2. The monoisotopic (exact) mass is 320 g/mol. The smallest absolute Gasteiger partial charge is 0.258 e. The minimum absolute atomic E-state index is 0.0439. The van der Waals surface area contributed by atoms with Crippen molar-refractivity contribution in [2.75, 3.05) is 0 Å². The van der Waals surface area contributed by atoms with Crippen molar-refractivity contribution in [3.63, 3.8) is 0 Å². The first-order valence-corrected chi connectivity index (χ1v) is 7.01. The van der Waals surface area contributed by atoms with Crippen LogP contribution in [0.2, 0.25) is 0 Å². The van der Waals surface area contributed by atoms with Crippen LogP contribution in [0.4, 0.5) is 0 Å². The number of fused-ring (bicyclic) bond motifs is 1. The van der Waals surface area contributed by atoms with Crippen LogP contribution in [0.1, 0.15) is 5.69 Å². The molecule has 0 atom stereocenters. The van der Waals surface area contributed by atoms with Crippen LogP contribution in [0.25, 0.3) is 16.2 Å². The number of thiophene rings is 1. The number of halogens is 1. The van der Waals surface area contributed by atoms with E-state index in [1.165, 1.54) is 0 Å². The lowest BCUT2D eigenvalue weighted by molar-refractivity contribution is 0.994. The van der Waals surface area contributed by atoms with Crippen LogP contribution >= 0.6 is 27.3 Å². The van der Waals surface area contributed by atoms with Gasteiger partial charge in [0, 0.05) is 11.8 Å². The third kappa shape index (κ3) is 1.89. The zero-order valence-corrected chi connectivity index (χ0v) is 12.0. The molecule has 0 aliphatic heterocycles. The molecule has 3 nitrogen and oxygen atoms in total. The Labute approximate surface area is 116 Å². The summed E-state index contributed by atoms with van der Waals surface area (Å²) in [7, 11) is 0. The summed E-state index contributed by atoms with van der Waals surface area (Å²) in [5.74, 6) is 0. The second-order valence-electron chi connectivity index (χ2n) is 3.94. The minimum atomic E-state index is -0.0439. The van der Waals surface area contributed by atoms with E-state index in [1.807, 2.05) is 37.3 Å². The summed E-state index contributed by atoms with van der Waals surface area (Å²) in [6.07, 6.45) is 0. The summed E-state index contributed by atoms with van der Waals surface area (Å²) >= 11 is 4.99. The van der Waals surface area contributed by atoms with Gasteiger partial charge in [-0.3, -0.25) is 9.20 Å². The average molecular weight is 321 g/mol. The summed E-state index contributed by atoms with van der Waals surface area (Å²) in [4.78, 5) is 17.6. The van der Waals surface area contributed by atoms with E-state index in [2.05, 4.69) is 20.9 Å². The third-order valence-electron chi connectivity index (χ3n) is 2.71. The van der Waals surface area contributed by atoms with Gasteiger partial charge in [0.2, 0.25) is 0 Å². The zero-order valence-electron chi connectivity index (χ0n) is 9.55. The Hall–Kier alpha value is -1.46. The lowest BCUT2D eigenvalue weighted by atomic mass is 10.3. The molecule has 3 aromatic heterocycles. The molecule has 5 heteroatoms. The van der Waals surface area contributed by atoms with E-state index >= 15 is 0 Å². The second-order valence-corrected chi connectivity index (χ2v) is 6.41. The molecule has 0 N–H and O–H groups in total. The first-order valence-electron chi connectivity index (χ1n) is 5.40. The molecule has 3 aromatic rings. The SMILES string of the molecule is Cc1cccc2nc(-c3ccc(Br)s3)cc(=O)n12. The Morgan fingerprint density at radius 3 is 2.83 bits per heavy atom. The predicted octanol–water partition coefficient (Wildman–Crippen LogP) is 3.49. The van der Waals surface area contributed by atoms with Crippen molar-refractivity contribution in [2.24, 2.45) is 0 Å².